The number of nitrogens with zero attached hydrogens (tertiary/aromatic N) is 4. The zero-order valence-electron chi connectivity index (χ0n) is 34.3. The summed E-state index contributed by atoms with van der Waals surface area (Å²) >= 11 is 0. The van der Waals surface area contributed by atoms with Gasteiger partial charge >= 0.3 is 7.82 Å². The molecule has 5 atom stereocenters. The summed E-state index contributed by atoms with van der Waals surface area (Å²) in [7, 11) is -3.16. The first-order chi connectivity index (χ1) is 27.5. The van der Waals surface area contributed by atoms with Gasteiger partial charge in [0.25, 0.3) is 0 Å². The normalized spacial score (nSPS) is 21.1. The molecule has 2 unspecified atom stereocenters. The number of nitrogen functional groups attached to an aromatic ring is 1. The second-order valence-corrected chi connectivity index (χ2v) is 17.1. The van der Waals surface area contributed by atoms with Crippen LogP contribution in [-0.2, 0) is 35.3 Å². The van der Waals surface area contributed by atoms with Crippen LogP contribution in [0.2, 0.25) is 0 Å². The molecule has 1 saturated heterocycles. The summed E-state index contributed by atoms with van der Waals surface area (Å²) < 4.78 is 42.6. The van der Waals surface area contributed by atoms with Gasteiger partial charge in [-0.15, -0.1) is 0 Å². The van der Waals surface area contributed by atoms with E-state index < -0.39 is 37.8 Å². The van der Waals surface area contributed by atoms with Crippen molar-refractivity contribution >= 4 is 19.2 Å². The number of methoxy groups -OCH3 is 1. The highest BCUT2D eigenvalue weighted by Gasteiger charge is 2.58. The van der Waals surface area contributed by atoms with Gasteiger partial charge in [0, 0.05) is 0 Å². The average Bonchev–Trinajstić information content (AvgIpc) is 3.76. The first kappa shape index (κ1) is 46.6. The summed E-state index contributed by atoms with van der Waals surface area (Å²) in [5.41, 5.74) is 4.29. The lowest BCUT2D eigenvalue weighted by molar-refractivity contribution is -0.100. The maximum atomic E-state index is 13.2. The lowest BCUT2D eigenvalue weighted by atomic mass is 9.86. The molecule has 318 valence electrons. The molecule has 1 fully saturated rings. The van der Waals surface area contributed by atoms with E-state index in [-0.39, 0.29) is 31.3 Å². The first-order valence-electron chi connectivity index (χ1n) is 20.9. The Morgan fingerprint density at radius 1 is 0.982 bits per heavy atom. The fourth-order valence-corrected chi connectivity index (χ4v) is 8.27. The summed E-state index contributed by atoms with van der Waals surface area (Å²) in [5.74, 6) is 0.633. The van der Waals surface area contributed by atoms with Crippen molar-refractivity contribution < 1.29 is 42.9 Å². The largest absolute Gasteiger partial charge is 0.495 e. The predicted molar refractivity (Wildman–Crippen MR) is 218 cm³/mol. The van der Waals surface area contributed by atoms with E-state index in [4.69, 9.17) is 29.0 Å². The molecule has 1 aromatic carbocycles. The second kappa shape index (κ2) is 23.5. The summed E-state index contributed by atoms with van der Waals surface area (Å²) in [6.07, 6.45) is 21.3. The lowest BCUT2D eigenvalue weighted by Gasteiger charge is -2.32. The zero-order valence-corrected chi connectivity index (χ0v) is 35.2. The van der Waals surface area contributed by atoms with Crippen molar-refractivity contribution in [2.45, 2.75) is 159 Å². The van der Waals surface area contributed by atoms with E-state index in [2.05, 4.69) is 23.1 Å². The Morgan fingerprint density at radius 3 is 2.19 bits per heavy atom. The van der Waals surface area contributed by atoms with Gasteiger partial charge in [-0.05, 0) is 43.2 Å². The molecule has 1 aliphatic heterocycles. The molecular weight excluding hydrogens is 749 g/mol. The first-order valence-corrected chi connectivity index (χ1v) is 22.4. The van der Waals surface area contributed by atoms with Crippen molar-refractivity contribution in [1.29, 1.82) is 5.26 Å². The molecule has 0 bridgehead atoms. The third kappa shape index (κ3) is 14.0. The highest BCUT2D eigenvalue weighted by atomic mass is 31.2. The van der Waals surface area contributed by atoms with E-state index in [9.17, 15) is 24.9 Å². The Hall–Kier alpha value is -3.12. The third-order valence-electron chi connectivity index (χ3n) is 11.0. The van der Waals surface area contributed by atoms with Crippen LogP contribution in [0.4, 0.5) is 5.82 Å². The second-order valence-electron chi connectivity index (χ2n) is 15.7. The van der Waals surface area contributed by atoms with Crippen molar-refractivity contribution in [2.24, 2.45) is 0 Å². The monoisotopic (exact) mass is 815 g/mol. The molecule has 2 aromatic heterocycles. The molecule has 0 radical (unpaired) electrons. The standard InChI is InChI=1S/C42H66N5O9P/c1-4-5-6-7-8-9-10-11-12-13-14-15-16-17-18-19-20-21-35(53-28-33-22-23-34(27-43)37(26-33)52-3)29-55-57(50,51)56-30-41(2)40(48)42(49,31-54-41)38-25-24-36-39(44)45-32-46-47(36)38/h22-26,32,35,40,48-49H,4-21,28-31H2,1-3H3,(H,50,51)(H2,44,45,46)/t35-,40-,41-,42?/m1/s1. The number of phosphoric acid groups is 1. The van der Waals surface area contributed by atoms with Crippen LogP contribution in [0.25, 0.3) is 5.52 Å². The van der Waals surface area contributed by atoms with Gasteiger partial charge in [0.05, 0.1) is 50.9 Å². The van der Waals surface area contributed by atoms with E-state index in [1.165, 1.54) is 115 Å². The molecule has 5 N–H and O–H groups in total. The number of nitriles is 1. The Balaban J connectivity index is 1.21. The summed E-state index contributed by atoms with van der Waals surface area (Å²) in [5, 5.41) is 36.4. The van der Waals surface area contributed by atoms with Crippen LogP contribution < -0.4 is 10.5 Å². The molecule has 0 saturated carbocycles. The van der Waals surface area contributed by atoms with Gasteiger partial charge in [-0.1, -0.05) is 122 Å². The molecule has 0 spiro atoms. The van der Waals surface area contributed by atoms with Crippen LogP contribution >= 0.6 is 7.82 Å². The number of phosphoric ester groups is 1. The molecule has 1 aliphatic rings. The number of hydrogen-bond acceptors (Lipinski definition) is 12. The molecule has 3 heterocycles. The summed E-state index contributed by atoms with van der Waals surface area (Å²) in [6.45, 7) is 2.80. The quantitative estimate of drug-likeness (QED) is 0.0385. The van der Waals surface area contributed by atoms with Gasteiger partial charge in [0.1, 0.15) is 35.4 Å². The van der Waals surface area contributed by atoms with E-state index in [0.717, 1.165) is 24.8 Å². The summed E-state index contributed by atoms with van der Waals surface area (Å²) in [6, 6.07) is 10.5. The number of aromatic nitrogens is 3. The minimum absolute atomic E-state index is 0.174. The lowest BCUT2D eigenvalue weighted by Crippen LogP contribution is -2.49. The Morgan fingerprint density at radius 2 is 1.60 bits per heavy atom. The number of rotatable bonds is 29. The maximum absolute atomic E-state index is 13.2. The Labute approximate surface area is 338 Å². The zero-order chi connectivity index (χ0) is 41.2. The van der Waals surface area contributed by atoms with Crippen LogP contribution in [0.3, 0.4) is 0 Å². The number of hydrogen-bond donors (Lipinski definition) is 4. The topological polar surface area (TPSA) is 204 Å². The Bertz CT molecular complexity index is 1740. The number of unbranched alkanes of at least 4 members (excludes halogenated alkanes) is 16. The number of fused-ring (bicyclic) bond motifs is 1. The number of nitrogens with two attached hydrogens (primary N) is 1. The van der Waals surface area contributed by atoms with Crippen LogP contribution in [0.5, 0.6) is 5.75 Å². The van der Waals surface area contributed by atoms with Gasteiger partial charge in [-0.25, -0.2) is 14.1 Å². The minimum atomic E-state index is -4.66. The van der Waals surface area contributed by atoms with E-state index in [0.29, 0.717) is 23.3 Å². The number of benzene rings is 1. The van der Waals surface area contributed by atoms with Crippen molar-refractivity contribution in [3.05, 3.63) is 53.5 Å². The number of aliphatic hydroxyl groups excluding tert-OH is 1. The smallest absolute Gasteiger partial charge is 0.472 e. The SMILES string of the molecule is CCCCCCCCCCCCCCCCCCC[C@H](COP(=O)(O)OC[C@@]1(C)OCC(O)(c2ccc3c(N)ncnn23)[C@@H]1O)OCc1ccc(C#N)c(OC)c1. The van der Waals surface area contributed by atoms with Crippen molar-refractivity contribution in [3.8, 4) is 11.8 Å². The van der Waals surface area contributed by atoms with Crippen molar-refractivity contribution in [1.82, 2.24) is 14.6 Å². The molecular formula is C42H66N5O9P. The van der Waals surface area contributed by atoms with Crippen molar-refractivity contribution in [2.75, 3.05) is 32.7 Å². The number of aliphatic hydroxyl groups is 2. The van der Waals surface area contributed by atoms with E-state index >= 15 is 0 Å². The van der Waals surface area contributed by atoms with E-state index in [1.54, 1.807) is 30.3 Å². The van der Waals surface area contributed by atoms with Gasteiger partial charge in [-0.3, -0.25) is 9.05 Å². The maximum Gasteiger partial charge on any atom is 0.472 e. The molecule has 0 amide bonds. The van der Waals surface area contributed by atoms with E-state index in [1.807, 2.05) is 0 Å². The molecule has 15 heteroatoms. The highest BCUT2D eigenvalue weighted by Crippen LogP contribution is 2.48. The van der Waals surface area contributed by atoms with Gasteiger partial charge in [-0.2, -0.15) is 10.4 Å². The molecule has 57 heavy (non-hydrogen) atoms. The van der Waals surface area contributed by atoms with Crippen molar-refractivity contribution in [3.63, 3.8) is 0 Å². The molecule has 3 aromatic rings. The predicted octanol–water partition coefficient (Wildman–Crippen LogP) is 8.29. The highest BCUT2D eigenvalue weighted by molar-refractivity contribution is 7.47. The van der Waals surface area contributed by atoms with Gasteiger partial charge in [0.2, 0.25) is 0 Å². The Kier molecular flexibility index (Phi) is 19.2. The molecule has 4 rings (SSSR count). The van der Waals surface area contributed by atoms with Gasteiger partial charge < -0.3 is 35.1 Å². The van der Waals surface area contributed by atoms with Gasteiger partial charge in [0.15, 0.2) is 11.4 Å². The fraction of sp³-hybridized carbons (Fsp3) is 0.690. The number of ether oxygens (including phenoxy) is 3. The average molecular weight is 816 g/mol. The van der Waals surface area contributed by atoms with Crippen LogP contribution in [0, 0.1) is 11.3 Å². The van der Waals surface area contributed by atoms with Crippen LogP contribution in [-0.4, -0.2) is 74.4 Å². The minimum Gasteiger partial charge on any atom is -0.495 e. The van der Waals surface area contributed by atoms with Crippen LogP contribution in [0.15, 0.2) is 36.7 Å². The fourth-order valence-electron chi connectivity index (χ4n) is 7.42. The number of anilines is 1. The molecule has 0 aliphatic carbocycles. The van der Waals surface area contributed by atoms with Crippen LogP contribution in [0.1, 0.15) is 146 Å². The third-order valence-corrected chi connectivity index (χ3v) is 11.9. The molecule has 14 nitrogen and oxygen atoms in total. The summed E-state index contributed by atoms with van der Waals surface area (Å²) in [4.78, 5) is 14.7.